The molecular weight excluding hydrogens is 256 g/mol. The van der Waals surface area contributed by atoms with Crippen LogP contribution in [0.4, 0.5) is 0 Å². The number of ether oxygens (including phenoxy) is 2. The van der Waals surface area contributed by atoms with E-state index in [1.165, 1.54) is 32.1 Å². The highest BCUT2D eigenvalue weighted by Crippen LogP contribution is 2.29. The molecule has 1 atom stereocenters. The van der Waals surface area contributed by atoms with Gasteiger partial charge in [-0.25, -0.2) is 0 Å². The Morgan fingerprint density at radius 3 is 2.30 bits per heavy atom. The van der Waals surface area contributed by atoms with E-state index in [1.807, 2.05) is 0 Å². The van der Waals surface area contributed by atoms with Crippen LogP contribution >= 0.6 is 0 Å². The average Bonchev–Trinajstić information content (AvgIpc) is 2.45. The first-order chi connectivity index (χ1) is 9.67. The molecule has 0 radical (unpaired) electrons. The Kier molecular flexibility index (Phi) is 8.31. The zero-order chi connectivity index (χ0) is 14.8. The monoisotopic (exact) mass is 284 g/mol. The molecule has 4 nitrogen and oxygen atoms in total. The summed E-state index contributed by atoms with van der Waals surface area (Å²) in [5.74, 6) is -0.177. The maximum Gasteiger partial charge on any atom is 0.309 e. The predicted octanol–water partition coefficient (Wildman–Crippen LogP) is 3.48. The normalized spacial score (nSPS) is 17.5. The van der Waals surface area contributed by atoms with Gasteiger partial charge < -0.3 is 9.47 Å². The quantitative estimate of drug-likeness (QED) is 0.640. The van der Waals surface area contributed by atoms with Crippen LogP contribution in [0.15, 0.2) is 0 Å². The van der Waals surface area contributed by atoms with Gasteiger partial charge in [0.05, 0.1) is 25.6 Å². The van der Waals surface area contributed by atoms with Gasteiger partial charge in [-0.05, 0) is 32.6 Å². The van der Waals surface area contributed by atoms with Gasteiger partial charge in [-0.3, -0.25) is 9.59 Å². The largest absolute Gasteiger partial charge is 0.466 e. The van der Waals surface area contributed by atoms with E-state index in [1.54, 1.807) is 13.8 Å². The molecule has 0 bridgehead atoms. The van der Waals surface area contributed by atoms with Gasteiger partial charge in [-0.15, -0.1) is 0 Å². The second-order valence-corrected chi connectivity index (χ2v) is 5.54. The Morgan fingerprint density at radius 2 is 1.70 bits per heavy atom. The van der Waals surface area contributed by atoms with E-state index in [0.29, 0.717) is 19.1 Å². The second-order valence-electron chi connectivity index (χ2n) is 5.54. The molecule has 1 unspecified atom stereocenters. The highest BCUT2D eigenvalue weighted by molar-refractivity contribution is 5.79. The van der Waals surface area contributed by atoms with E-state index in [4.69, 9.17) is 9.47 Å². The van der Waals surface area contributed by atoms with Crippen molar-refractivity contribution in [1.29, 1.82) is 0 Å². The molecule has 0 saturated heterocycles. The topological polar surface area (TPSA) is 52.6 Å². The van der Waals surface area contributed by atoms with Crippen molar-refractivity contribution in [3.05, 3.63) is 0 Å². The Bertz CT molecular complexity index is 295. The SMILES string of the molecule is CCOC(=O)CC(CCC1CCCCC1)C(=O)OCC. The maximum atomic E-state index is 11.9. The standard InChI is InChI=1S/C16H28O4/c1-3-19-15(17)12-14(16(18)20-4-2)11-10-13-8-6-5-7-9-13/h13-14H,3-12H2,1-2H3. The lowest BCUT2D eigenvalue weighted by molar-refractivity contribution is -0.155. The number of esters is 2. The average molecular weight is 284 g/mol. The van der Waals surface area contributed by atoms with Crippen LogP contribution in [-0.2, 0) is 19.1 Å². The van der Waals surface area contributed by atoms with Crippen LogP contribution < -0.4 is 0 Å². The summed E-state index contributed by atoms with van der Waals surface area (Å²) in [6.07, 6.45) is 8.36. The van der Waals surface area contributed by atoms with Crippen LogP contribution in [0.3, 0.4) is 0 Å². The molecule has 1 fully saturated rings. The first-order valence-corrected chi connectivity index (χ1v) is 7.99. The first kappa shape index (κ1) is 17.0. The molecule has 0 amide bonds. The van der Waals surface area contributed by atoms with Gasteiger partial charge in [0.15, 0.2) is 0 Å². The van der Waals surface area contributed by atoms with E-state index in [-0.39, 0.29) is 24.3 Å². The van der Waals surface area contributed by atoms with Gasteiger partial charge in [0, 0.05) is 0 Å². The lowest BCUT2D eigenvalue weighted by Crippen LogP contribution is -2.23. The molecule has 0 aromatic heterocycles. The van der Waals surface area contributed by atoms with E-state index in [0.717, 1.165) is 12.8 Å². The molecule has 1 aliphatic rings. The third-order valence-electron chi connectivity index (χ3n) is 3.99. The van der Waals surface area contributed by atoms with Gasteiger partial charge in [0.25, 0.3) is 0 Å². The van der Waals surface area contributed by atoms with E-state index in [2.05, 4.69) is 0 Å². The van der Waals surface area contributed by atoms with Crippen LogP contribution in [0.25, 0.3) is 0 Å². The summed E-state index contributed by atoms with van der Waals surface area (Å²) < 4.78 is 10.0. The van der Waals surface area contributed by atoms with Crippen molar-refractivity contribution in [2.24, 2.45) is 11.8 Å². The molecule has 20 heavy (non-hydrogen) atoms. The molecule has 1 saturated carbocycles. The Hall–Kier alpha value is -1.06. The molecule has 116 valence electrons. The Morgan fingerprint density at radius 1 is 1.05 bits per heavy atom. The van der Waals surface area contributed by atoms with E-state index >= 15 is 0 Å². The minimum Gasteiger partial charge on any atom is -0.466 e. The Balaban J connectivity index is 2.43. The van der Waals surface area contributed by atoms with Crippen molar-refractivity contribution in [3.63, 3.8) is 0 Å². The fraction of sp³-hybridized carbons (Fsp3) is 0.875. The van der Waals surface area contributed by atoms with Crippen LogP contribution in [0.5, 0.6) is 0 Å². The Labute approximate surface area is 122 Å². The first-order valence-electron chi connectivity index (χ1n) is 7.99. The second kappa shape index (κ2) is 9.78. The summed E-state index contributed by atoms with van der Waals surface area (Å²) in [7, 11) is 0. The fourth-order valence-corrected chi connectivity index (χ4v) is 2.90. The molecule has 1 aliphatic carbocycles. The van der Waals surface area contributed by atoms with Crippen molar-refractivity contribution >= 4 is 11.9 Å². The summed E-state index contributed by atoms with van der Waals surface area (Å²) in [6.45, 7) is 4.29. The van der Waals surface area contributed by atoms with Gasteiger partial charge in [0.1, 0.15) is 0 Å². The lowest BCUT2D eigenvalue weighted by Gasteiger charge is -2.23. The summed E-state index contributed by atoms with van der Waals surface area (Å²) in [6, 6.07) is 0. The van der Waals surface area contributed by atoms with Crippen LogP contribution in [0, 0.1) is 11.8 Å². The number of rotatable bonds is 8. The molecule has 0 N–H and O–H groups in total. The zero-order valence-corrected chi connectivity index (χ0v) is 12.9. The van der Waals surface area contributed by atoms with Crippen LogP contribution in [0.1, 0.15) is 65.2 Å². The molecule has 0 aromatic rings. The minimum atomic E-state index is -0.337. The van der Waals surface area contributed by atoms with Crippen LogP contribution in [-0.4, -0.2) is 25.2 Å². The molecule has 0 aliphatic heterocycles. The highest BCUT2D eigenvalue weighted by Gasteiger charge is 2.25. The number of carbonyl (C=O) groups excluding carboxylic acids is 2. The maximum absolute atomic E-state index is 11.9. The number of hydrogen-bond donors (Lipinski definition) is 0. The number of hydrogen-bond acceptors (Lipinski definition) is 4. The summed E-state index contributed by atoms with van der Waals surface area (Å²) in [5.41, 5.74) is 0. The summed E-state index contributed by atoms with van der Waals surface area (Å²) in [4.78, 5) is 23.5. The van der Waals surface area contributed by atoms with Crippen molar-refractivity contribution in [2.75, 3.05) is 13.2 Å². The van der Waals surface area contributed by atoms with Crippen molar-refractivity contribution in [3.8, 4) is 0 Å². The molecule has 0 spiro atoms. The minimum absolute atomic E-state index is 0.152. The van der Waals surface area contributed by atoms with E-state index in [9.17, 15) is 9.59 Å². The third-order valence-corrected chi connectivity index (χ3v) is 3.99. The molecule has 0 heterocycles. The third kappa shape index (κ3) is 6.40. The summed E-state index contributed by atoms with van der Waals surface area (Å²) >= 11 is 0. The molecule has 0 aromatic carbocycles. The smallest absolute Gasteiger partial charge is 0.309 e. The van der Waals surface area contributed by atoms with Gasteiger partial charge in [-0.2, -0.15) is 0 Å². The van der Waals surface area contributed by atoms with Gasteiger partial charge in [-0.1, -0.05) is 32.1 Å². The van der Waals surface area contributed by atoms with Crippen molar-refractivity contribution < 1.29 is 19.1 Å². The predicted molar refractivity (Wildman–Crippen MR) is 77.2 cm³/mol. The van der Waals surface area contributed by atoms with Crippen molar-refractivity contribution in [1.82, 2.24) is 0 Å². The van der Waals surface area contributed by atoms with E-state index < -0.39 is 0 Å². The van der Waals surface area contributed by atoms with Gasteiger partial charge in [0.2, 0.25) is 0 Å². The number of carbonyl (C=O) groups is 2. The molecular formula is C16H28O4. The molecule has 4 heteroatoms. The molecule has 1 rings (SSSR count). The van der Waals surface area contributed by atoms with Crippen molar-refractivity contribution in [2.45, 2.75) is 65.2 Å². The summed E-state index contributed by atoms with van der Waals surface area (Å²) in [5, 5.41) is 0. The zero-order valence-electron chi connectivity index (χ0n) is 12.9. The highest BCUT2D eigenvalue weighted by atomic mass is 16.5. The fourth-order valence-electron chi connectivity index (χ4n) is 2.90. The lowest BCUT2D eigenvalue weighted by atomic mass is 9.83. The van der Waals surface area contributed by atoms with Crippen LogP contribution in [0.2, 0.25) is 0 Å². The van der Waals surface area contributed by atoms with Gasteiger partial charge >= 0.3 is 11.9 Å².